The Morgan fingerprint density at radius 2 is 1.95 bits per heavy atom. The molecule has 0 heterocycles. The van der Waals surface area contributed by atoms with Crippen LogP contribution in [0.3, 0.4) is 0 Å². The van der Waals surface area contributed by atoms with Crippen molar-refractivity contribution in [3.05, 3.63) is 33.7 Å². The molecular weight excluding hydrogens is 344 g/mol. The van der Waals surface area contributed by atoms with Gasteiger partial charge in [-0.3, -0.25) is 0 Å². The van der Waals surface area contributed by atoms with E-state index in [0.29, 0.717) is 0 Å². The van der Waals surface area contributed by atoms with Crippen LogP contribution in [0.2, 0.25) is 0 Å². The van der Waals surface area contributed by atoms with Crippen LogP contribution in [0.5, 0.6) is 5.75 Å². The fourth-order valence-corrected chi connectivity index (χ4v) is 1.83. The van der Waals surface area contributed by atoms with Crippen molar-refractivity contribution >= 4 is 23.2 Å². The molecule has 1 aromatic carbocycles. The molecule has 110 valence electrons. The summed E-state index contributed by atoms with van der Waals surface area (Å²) in [6, 6.07) is 1.57. The molecule has 0 amide bonds. The van der Waals surface area contributed by atoms with Crippen LogP contribution in [0.4, 0.5) is 22.5 Å². The summed E-state index contributed by atoms with van der Waals surface area (Å²) in [4.78, 5) is 2.39. The maximum Gasteiger partial charge on any atom is 1.00 e. The van der Waals surface area contributed by atoms with E-state index in [-0.39, 0.29) is 68.2 Å². The van der Waals surface area contributed by atoms with Gasteiger partial charge in [0.05, 0.1) is 0 Å². The molecule has 0 aliphatic heterocycles. The SMILES string of the molecule is Cc1c(C[B-](F)(F)F)cc(OS(=O)(=O)F)cc1N=[N+]=[N-].[K+]. The molecule has 6 nitrogen and oxygen atoms in total. The first-order chi connectivity index (χ1) is 9.02. The second-order valence-electron chi connectivity index (χ2n) is 3.81. The number of hydrogen-bond acceptors (Lipinski definition) is 4. The first kappa shape index (κ1) is 20.7. The molecule has 1 rings (SSSR count). The second kappa shape index (κ2) is 7.81. The summed E-state index contributed by atoms with van der Waals surface area (Å²) in [5, 5.41) is 3.11. The molecule has 0 fully saturated rings. The minimum atomic E-state index is -5.39. The third-order valence-corrected chi connectivity index (χ3v) is 2.65. The molecule has 0 radical (unpaired) electrons. The third kappa shape index (κ3) is 7.49. The summed E-state index contributed by atoms with van der Waals surface area (Å²) in [6.07, 6.45) is -1.34. The molecule has 0 saturated heterocycles. The molecule has 21 heavy (non-hydrogen) atoms. The molecular formula is C8H7BF4KN3O3S. The Morgan fingerprint density at radius 1 is 1.38 bits per heavy atom. The Morgan fingerprint density at radius 3 is 2.38 bits per heavy atom. The molecule has 13 heteroatoms. The fourth-order valence-electron chi connectivity index (χ4n) is 1.51. The quantitative estimate of drug-likeness (QED) is 0.193. The van der Waals surface area contributed by atoms with Gasteiger partial charge >= 0.3 is 68.9 Å². The van der Waals surface area contributed by atoms with Gasteiger partial charge in [0.1, 0.15) is 5.75 Å². The summed E-state index contributed by atoms with van der Waals surface area (Å²) < 4.78 is 74.2. The van der Waals surface area contributed by atoms with Crippen LogP contribution in [0.1, 0.15) is 11.1 Å². The van der Waals surface area contributed by atoms with E-state index in [1.807, 2.05) is 0 Å². The van der Waals surface area contributed by atoms with Crippen LogP contribution < -0.4 is 55.6 Å². The van der Waals surface area contributed by atoms with Crippen molar-refractivity contribution < 1.29 is 80.8 Å². The molecule has 0 aliphatic rings. The first-order valence-corrected chi connectivity index (χ1v) is 6.36. The molecule has 1 aromatic rings. The molecule has 0 aliphatic carbocycles. The zero-order valence-electron chi connectivity index (χ0n) is 10.9. The molecule has 0 N–H and O–H groups in total. The maximum absolute atomic E-state index is 12.4. The Kier molecular flexibility index (Phi) is 7.70. The van der Waals surface area contributed by atoms with Crippen LogP contribution in [-0.4, -0.2) is 15.4 Å². The van der Waals surface area contributed by atoms with E-state index in [1.54, 1.807) is 0 Å². The average Bonchev–Trinajstić information content (AvgIpc) is 2.20. The molecule has 0 spiro atoms. The van der Waals surface area contributed by atoms with E-state index in [9.17, 15) is 25.3 Å². The van der Waals surface area contributed by atoms with Crippen LogP contribution in [-0.2, 0) is 16.8 Å². The van der Waals surface area contributed by atoms with Crippen molar-refractivity contribution in [3.8, 4) is 5.75 Å². The van der Waals surface area contributed by atoms with E-state index < -0.39 is 29.6 Å². The molecule has 0 atom stereocenters. The normalized spacial score (nSPS) is 11.3. The Labute approximate surface area is 160 Å². The number of rotatable bonds is 5. The topological polar surface area (TPSA) is 92.1 Å². The van der Waals surface area contributed by atoms with Gasteiger partial charge in [0.2, 0.25) is 0 Å². The zero-order chi connectivity index (χ0) is 15.6. The Hall–Kier alpha value is -0.299. The van der Waals surface area contributed by atoms with Gasteiger partial charge in [-0.25, -0.2) is 0 Å². The van der Waals surface area contributed by atoms with Crippen LogP contribution >= 0.6 is 0 Å². The smallest absolute Gasteiger partial charge is 0.449 e. The minimum absolute atomic E-state index is 0. The van der Waals surface area contributed by atoms with E-state index in [0.717, 1.165) is 12.1 Å². The van der Waals surface area contributed by atoms with Crippen molar-refractivity contribution in [3.63, 3.8) is 0 Å². The summed E-state index contributed by atoms with van der Waals surface area (Å²) in [5.41, 5.74) is 7.67. The average molecular weight is 351 g/mol. The molecule has 0 unspecified atom stereocenters. The van der Waals surface area contributed by atoms with Gasteiger partial charge < -0.3 is 17.1 Å². The van der Waals surface area contributed by atoms with Crippen molar-refractivity contribution in [2.45, 2.75) is 13.2 Å². The summed E-state index contributed by atoms with van der Waals surface area (Å²) >= 11 is 0. The van der Waals surface area contributed by atoms with Crippen molar-refractivity contribution in [2.24, 2.45) is 5.11 Å². The number of halogens is 4. The molecule has 0 bridgehead atoms. The van der Waals surface area contributed by atoms with Gasteiger partial charge in [0, 0.05) is 10.6 Å². The van der Waals surface area contributed by atoms with Crippen molar-refractivity contribution in [1.29, 1.82) is 0 Å². The predicted molar refractivity (Wildman–Crippen MR) is 63.4 cm³/mol. The molecule has 0 aromatic heterocycles. The van der Waals surface area contributed by atoms with E-state index in [4.69, 9.17) is 5.53 Å². The van der Waals surface area contributed by atoms with Crippen molar-refractivity contribution in [1.82, 2.24) is 0 Å². The Balaban J connectivity index is 0.00000400. The first-order valence-electron chi connectivity index (χ1n) is 5.05. The standard InChI is InChI=1S/C8H7BF4N3O3S.K/c1-5-6(4-9(10,11)12)2-7(19-20(13,17)18)3-8(5)15-16-14;/h2-3H,4H2,1H3;/q-1;+1. The summed E-state index contributed by atoms with van der Waals surface area (Å²) in [5.74, 6) is -0.699. The second-order valence-corrected chi connectivity index (χ2v) is 4.76. The number of benzene rings is 1. The van der Waals surface area contributed by atoms with E-state index in [1.165, 1.54) is 6.92 Å². The van der Waals surface area contributed by atoms with E-state index >= 15 is 0 Å². The van der Waals surface area contributed by atoms with Gasteiger partial charge in [-0.15, -0.1) is 0 Å². The number of hydrogen-bond donors (Lipinski definition) is 0. The van der Waals surface area contributed by atoms with Crippen LogP contribution in [0.15, 0.2) is 17.2 Å². The Bertz CT molecular complexity index is 676. The van der Waals surface area contributed by atoms with Gasteiger partial charge in [-0.1, -0.05) is 20.9 Å². The summed E-state index contributed by atoms with van der Waals surface area (Å²) in [6.45, 7) is -3.95. The zero-order valence-corrected chi connectivity index (χ0v) is 14.9. The largest absolute Gasteiger partial charge is 1.00 e. The van der Waals surface area contributed by atoms with E-state index in [2.05, 4.69) is 14.2 Å². The van der Waals surface area contributed by atoms with Gasteiger partial charge in [-0.2, -0.15) is 8.42 Å². The van der Waals surface area contributed by atoms with Crippen molar-refractivity contribution in [2.75, 3.05) is 0 Å². The predicted octanol–water partition coefficient (Wildman–Crippen LogP) is 0.463. The fraction of sp³-hybridized carbons (Fsp3) is 0.250. The third-order valence-electron chi connectivity index (χ3n) is 2.26. The molecule has 0 saturated carbocycles. The van der Waals surface area contributed by atoms with Gasteiger partial charge in [0.25, 0.3) is 0 Å². The van der Waals surface area contributed by atoms with Gasteiger partial charge in [0.15, 0.2) is 0 Å². The minimum Gasteiger partial charge on any atom is -0.449 e. The number of nitrogens with zero attached hydrogens (tertiary/aromatic N) is 3. The maximum atomic E-state index is 12.4. The number of azide groups is 1. The monoisotopic (exact) mass is 351 g/mol. The van der Waals surface area contributed by atoms with Gasteiger partial charge in [-0.05, 0) is 30.2 Å². The van der Waals surface area contributed by atoms with Crippen LogP contribution in [0.25, 0.3) is 10.4 Å². The summed E-state index contributed by atoms with van der Waals surface area (Å²) in [7, 11) is -5.39. The van der Waals surface area contributed by atoms with Crippen LogP contribution in [0, 0.1) is 6.92 Å².